The fourth-order valence-corrected chi connectivity index (χ4v) is 3.41. The van der Waals surface area contributed by atoms with Gasteiger partial charge in [0.05, 0.1) is 12.8 Å². The van der Waals surface area contributed by atoms with Crippen LogP contribution in [-0.2, 0) is 4.79 Å². The number of benzene rings is 2. The van der Waals surface area contributed by atoms with E-state index in [0.717, 1.165) is 21.9 Å². The van der Waals surface area contributed by atoms with Crippen molar-refractivity contribution in [3.05, 3.63) is 58.4 Å². The highest BCUT2D eigenvalue weighted by Gasteiger charge is 2.18. The lowest BCUT2D eigenvalue weighted by Crippen LogP contribution is -2.30. The summed E-state index contributed by atoms with van der Waals surface area (Å²) in [6, 6.07) is 14.5. The third-order valence-corrected chi connectivity index (χ3v) is 5.02. The average Bonchev–Trinajstić information content (AvgIpc) is 3.03. The van der Waals surface area contributed by atoms with E-state index in [2.05, 4.69) is 10.3 Å². The number of hydrogen-bond donors (Lipinski definition) is 1. The van der Waals surface area contributed by atoms with Gasteiger partial charge in [0, 0.05) is 15.5 Å². The first-order chi connectivity index (χ1) is 13.0. The number of nitrogens with one attached hydrogen (secondary N) is 1. The van der Waals surface area contributed by atoms with Crippen LogP contribution in [0.1, 0.15) is 11.8 Å². The van der Waals surface area contributed by atoms with Crippen LogP contribution in [0, 0.1) is 6.92 Å². The van der Waals surface area contributed by atoms with E-state index in [1.165, 1.54) is 11.3 Å². The fourth-order valence-electron chi connectivity index (χ4n) is 2.44. The first kappa shape index (κ1) is 19.2. The summed E-state index contributed by atoms with van der Waals surface area (Å²) >= 11 is 7.28. The maximum Gasteiger partial charge on any atom is 0.266 e. The highest BCUT2D eigenvalue weighted by Crippen LogP contribution is 2.31. The van der Waals surface area contributed by atoms with E-state index in [0.29, 0.717) is 15.9 Å². The topological polar surface area (TPSA) is 60.5 Å². The summed E-state index contributed by atoms with van der Waals surface area (Å²) < 4.78 is 10.8. The lowest BCUT2D eigenvalue weighted by molar-refractivity contribution is -0.122. The normalized spacial score (nSPS) is 11.7. The molecule has 0 aliphatic rings. The molecule has 1 amide bonds. The van der Waals surface area contributed by atoms with E-state index in [4.69, 9.17) is 21.1 Å². The second kappa shape index (κ2) is 8.41. The molecule has 1 aromatic heterocycles. The van der Waals surface area contributed by atoms with Crippen molar-refractivity contribution in [2.75, 3.05) is 12.4 Å². The van der Waals surface area contributed by atoms with Crippen LogP contribution in [0.4, 0.5) is 5.13 Å². The van der Waals surface area contributed by atoms with Gasteiger partial charge in [-0.05, 0) is 62.4 Å². The summed E-state index contributed by atoms with van der Waals surface area (Å²) in [5, 5.41) is 3.97. The number of amides is 1. The second-order valence-corrected chi connectivity index (χ2v) is 7.50. The molecule has 1 atom stereocenters. The number of rotatable bonds is 6. The molecule has 3 rings (SSSR count). The summed E-state index contributed by atoms with van der Waals surface area (Å²) in [6.45, 7) is 3.66. The van der Waals surface area contributed by atoms with Gasteiger partial charge in [-0.3, -0.25) is 10.1 Å². The molecule has 140 valence electrons. The van der Waals surface area contributed by atoms with Gasteiger partial charge in [-0.25, -0.2) is 4.98 Å². The van der Waals surface area contributed by atoms with Gasteiger partial charge >= 0.3 is 0 Å². The Hall–Kier alpha value is -2.57. The average molecular weight is 403 g/mol. The van der Waals surface area contributed by atoms with Crippen LogP contribution >= 0.6 is 22.9 Å². The second-order valence-electron chi connectivity index (χ2n) is 5.86. The lowest BCUT2D eigenvalue weighted by Gasteiger charge is -2.13. The van der Waals surface area contributed by atoms with Crippen LogP contribution in [0.3, 0.4) is 0 Å². The van der Waals surface area contributed by atoms with E-state index < -0.39 is 6.10 Å². The molecular formula is C20H19ClN2O3S. The number of carbonyl (C=O) groups excluding carboxylic acids is 1. The highest BCUT2D eigenvalue weighted by molar-refractivity contribution is 7.16. The Bertz CT molecular complexity index is 923. The molecule has 0 spiro atoms. The first-order valence-electron chi connectivity index (χ1n) is 8.31. The smallest absolute Gasteiger partial charge is 0.266 e. The van der Waals surface area contributed by atoms with E-state index in [9.17, 15) is 4.79 Å². The van der Waals surface area contributed by atoms with Crippen molar-refractivity contribution in [1.29, 1.82) is 0 Å². The van der Waals surface area contributed by atoms with Crippen LogP contribution in [0.25, 0.3) is 11.3 Å². The summed E-state index contributed by atoms with van der Waals surface area (Å²) in [4.78, 5) is 18.0. The SMILES string of the molecule is COc1ccc(-c2nc(NC(=O)[C@@H](C)Oc3ccc(Cl)cc3)sc2C)cc1. The van der Waals surface area contributed by atoms with Crippen molar-refractivity contribution < 1.29 is 14.3 Å². The van der Waals surface area contributed by atoms with Crippen molar-refractivity contribution in [3.63, 3.8) is 0 Å². The number of methoxy groups -OCH3 is 1. The van der Waals surface area contributed by atoms with Gasteiger partial charge in [-0.2, -0.15) is 0 Å². The van der Waals surface area contributed by atoms with Crippen molar-refractivity contribution in [3.8, 4) is 22.8 Å². The molecule has 27 heavy (non-hydrogen) atoms. The minimum absolute atomic E-state index is 0.264. The van der Waals surface area contributed by atoms with Gasteiger partial charge in [-0.15, -0.1) is 11.3 Å². The summed E-state index contributed by atoms with van der Waals surface area (Å²) in [5.74, 6) is 1.10. The minimum Gasteiger partial charge on any atom is -0.497 e. The molecule has 5 nitrogen and oxygen atoms in total. The molecule has 0 fully saturated rings. The molecule has 0 unspecified atom stereocenters. The van der Waals surface area contributed by atoms with Crippen molar-refractivity contribution in [2.45, 2.75) is 20.0 Å². The quantitative estimate of drug-likeness (QED) is 0.616. The Kier molecular flexibility index (Phi) is 5.98. The molecule has 0 aliphatic carbocycles. The Morgan fingerprint density at radius 3 is 2.37 bits per heavy atom. The summed E-state index contributed by atoms with van der Waals surface area (Å²) in [6.07, 6.45) is -0.667. The number of carbonyl (C=O) groups is 1. The van der Waals surface area contributed by atoms with E-state index in [1.54, 1.807) is 38.3 Å². The first-order valence-corrected chi connectivity index (χ1v) is 9.50. The van der Waals surface area contributed by atoms with Crippen molar-refractivity contribution in [2.24, 2.45) is 0 Å². The van der Waals surface area contributed by atoms with Crippen LogP contribution in [0.2, 0.25) is 5.02 Å². The largest absolute Gasteiger partial charge is 0.497 e. The molecule has 7 heteroatoms. The third kappa shape index (κ3) is 4.78. The highest BCUT2D eigenvalue weighted by atomic mass is 35.5. The molecule has 0 saturated heterocycles. The Morgan fingerprint density at radius 1 is 1.11 bits per heavy atom. The van der Waals surface area contributed by atoms with Crippen LogP contribution in [0.5, 0.6) is 11.5 Å². The maximum absolute atomic E-state index is 12.4. The number of aryl methyl sites for hydroxylation is 1. The van der Waals surface area contributed by atoms with E-state index in [1.807, 2.05) is 31.2 Å². The zero-order chi connectivity index (χ0) is 19.4. The Labute approximate surface area is 166 Å². The van der Waals surface area contributed by atoms with Crippen LogP contribution < -0.4 is 14.8 Å². The van der Waals surface area contributed by atoms with Crippen molar-refractivity contribution >= 4 is 34.0 Å². The fraction of sp³-hybridized carbons (Fsp3) is 0.200. The summed E-state index contributed by atoms with van der Waals surface area (Å²) in [7, 11) is 1.63. The van der Waals surface area contributed by atoms with Gasteiger partial charge < -0.3 is 9.47 Å². The van der Waals surface area contributed by atoms with Gasteiger partial charge in [0.1, 0.15) is 11.5 Å². The van der Waals surface area contributed by atoms with Gasteiger partial charge in [-0.1, -0.05) is 11.6 Å². The molecular weight excluding hydrogens is 384 g/mol. The van der Waals surface area contributed by atoms with Crippen LogP contribution in [-0.4, -0.2) is 24.1 Å². The maximum atomic E-state index is 12.4. The summed E-state index contributed by atoms with van der Waals surface area (Å²) in [5.41, 5.74) is 1.81. The number of ether oxygens (including phenoxy) is 2. The number of hydrogen-bond acceptors (Lipinski definition) is 5. The molecule has 1 N–H and O–H groups in total. The van der Waals surface area contributed by atoms with Gasteiger partial charge in [0.2, 0.25) is 0 Å². The zero-order valence-corrected chi connectivity index (χ0v) is 16.7. The Morgan fingerprint density at radius 2 is 1.74 bits per heavy atom. The predicted octanol–water partition coefficient (Wildman–Crippen LogP) is 5.19. The third-order valence-electron chi connectivity index (χ3n) is 3.89. The van der Waals surface area contributed by atoms with E-state index in [-0.39, 0.29) is 5.91 Å². The predicted molar refractivity (Wildman–Crippen MR) is 109 cm³/mol. The number of nitrogens with zero attached hydrogens (tertiary/aromatic N) is 1. The number of aromatic nitrogens is 1. The van der Waals surface area contributed by atoms with Crippen molar-refractivity contribution in [1.82, 2.24) is 4.98 Å². The molecule has 0 aliphatic heterocycles. The molecule has 0 saturated carbocycles. The monoisotopic (exact) mass is 402 g/mol. The standard InChI is InChI=1S/C20H19ClN2O3S/c1-12(26-17-10-6-15(21)7-11-17)19(24)23-20-22-18(13(2)27-20)14-4-8-16(25-3)9-5-14/h4-12H,1-3H3,(H,22,23,24)/t12-/m1/s1. The Balaban J connectivity index is 1.68. The molecule has 2 aromatic carbocycles. The molecule has 3 aromatic rings. The molecule has 0 bridgehead atoms. The number of anilines is 1. The number of thiazole rings is 1. The lowest BCUT2D eigenvalue weighted by atomic mass is 10.1. The van der Waals surface area contributed by atoms with Gasteiger partial charge in [0.15, 0.2) is 11.2 Å². The number of halogens is 1. The van der Waals surface area contributed by atoms with Crippen LogP contribution in [0.15, 0.2) is 48.5 Å². The minimum atomic E-state index is -0.667. The van der Waals surface area contributed by atoms with E-state index >= 15 is 0 Å². The molecule has 0 radical (unpaired) electrons. The van der Waals surface area contributed by atoms with Gasteiger partial charge in [0.25, 0.3) is 5.91 Å². The molecule has 1 heterocycles. The zero-order valence-electron chi connectivity index (χ0n) is 15.2.